The summed E-state index contributed by atoms with van der Waals surface area (Å²) in [6.45, 7) is 2.48. The summed E-state index contributed by atoms with van der Waals surface area (Å²) >= 11 is 0. The zero-order valence-corrected chi connectivity index (χ0v) is 10.3. The molecule has 2 aromatic carbocycles. The summed E-state index contributed by atoms with van der Waals surface area (Å²) in [6.07, 6.45) is 0.977. The van der Waals surface area contributed by atoms with Gasteiger partial charge in [0.1, 0.15) is 0 Å². The van der Waals surface area contributed by atoms with Crippen LogP contribution < -0.4 is 5.32 Å². The van der Waals surface area contributed by atoms with E-state index >= 15 is 0 Å². The number of benzene rings is 2. The maximum absolute atomic E-state index is 5.56. The molecule has 0 aliphatic heterocycles. The highest BCUT2D eigenvalue weighted by Gasteiger charge is 1.99. The highest BCUT2D eigenvalue weighted by Crippen LogP contribution is 2.18. The van der Waals surface area contributed by atoms with Gasteiger partial charge < -0.3 is 10.1 Å². The van der Waals surface area contributed by atoms with Crippen molar-refractivity contribution in [2.45, 2.75) is 6.42 Å². The van der Waals surface area contributed by atoms with Crippen LogP contribution in [0.4, 0.5) is 0 Å². The Morgan fingerprint density at radius 3 is 2.71 bits per heavy atom. The third-order valence-corrected chi connectivity index (χ3v) is 2.89. The molecule has 90 valence electrons. The Labute approximate surface area is 103 Å². The first-order valence-corrected chi connectivity index (χ1v) is 6.11. The third kappa shape index (κ3) is 3.29. The molecule has 0 aliphatic rings. The Hall–Kier alpha value is -1.38. The highest BCUT2D eigenvalue weighted by atomic mass is 16.5. The van der Waals surface area contributed by atoms with Crippen molar-refractivity contribution in [2.75, 3.05) is 26.8 Å². The van der Waals surface area contributed by atoms with Crippen LogP contribution in [0.1, 0.15) is 5.56 Å². The number of hydrogen-bond acceptors (Lipinski definition) is 2. The van der Waals surface area contributed by atoms with Crippen molar-refractivity contribution in [3.05, 3.63) is 48.0 Å². The molecule has 0 bridgehead atoms. The van der Waals surface area contributed by atoms with Crippen molar-refractivity contribution in [2.24, 2.45) is 0 Å². The summed E-state index contributed by atoms with van der Waals surface area (Å²) in [4.78, 5) is 0. The van der Waals surface area contributed by atoms with E-state index in [4.69, 9.17) is 4.74 Å². The molecule has 0 spiro atoms. The third-order valence-electron chi connectivity index (χ3n) is 2.89. The molecule has 0 aliphatic carbocycles. The Morgan fingerprint density at radius 1 is 1.00 bits per heavy atom. The van der Waals surface area contributed by atoms with Gasteiger partial charge in [-0.25, -0.2) is 0 Å². The minimum atomic E-state index is 0.779. The van der Waals surface area contributed by atoms with Gasteiger partial charge in [0.05, 0.1) is 13.2 Å². The number of likely N-dealkylation sites (N-methyl/N-ethyl adjacent to an activating group) is 1. The molecule has 2 heteroatoms. The lowest BCUT2D eigenvalue weighted by molar-refractivity contribution is 0.140. The van der Waals surface area contributed by atoms with Crippen LogP contribution in [0.5, 0.6) is 0 Å². The molecule has 0 fully saturated rings. The molecular formula is C15H19NO. The second-order valence-corrected chi connectivity index (χ2v) is 4.10. The summed E-state index contributed by atoms with van der Waals surface area (Å²) in [7, 11) is 1.94. The first-order chi connectivity index (χ1) is 8.42. The second kappa shape index (κ2) is 6.38. The van der Waals surface area contributed by atoms with Crippen molar-refractivity contribution >= 4 is 10.8 Å². The first kappa shape index (κ1) is 12.1. The number of fused-ring (bicyclic) bond motifs is 1. The molecule has 2 rings (SSSR count). The summed E-state index contributed by atoms with van der Waals surface area (Å²) < 4.78 is 5.56. The molecule has 0 radical (unpaired) electrons. The van der Waals surface area contributed by atoms with Crippen LogP contribution in [-0.4, -0.2) is 26.8 Å². The lowest BCUT2D eigenvalue weighted by Crippen LogP contribution is -2.15. The van der Waals surface area contributed by atoms with Crippen LogP contribution in [0.2, 0.25) is 0 Å². The lowest BCUT2D eigenvalue weighted by Gasteiger charge is -2.07. The van der Waals surface area contributed by atoms with Crippen LogP contribution in [-0.2, 0) is 11.2 Å². The Balaban J connectivity index is 1.98. The second-order valence-electron chi connectivity index (χ2n) is 4.10. The number of nitrogens with one attached hydrogen (secondary N) is 1. The summed E-state index contributed by atoms with van der Waals surface area (Å²) in [6, 6.07) is 15.0. The van der Waals surface area contributed by atoms with Crippen LogP contribution in [0.15, 0.2) is 42.5 Å². The van der Waals surface area contributed by atoms with E-state index in [9.17, 15) is 0 Å². The van der Waals surface area contributed by atoms with E-state index in [0.717, 1.165) is 26.2 Å². The zero-order chi connectivity index (χ0) is 11.9. The fourth-order valence-electron chi connectivity index (χ4n) is 1.97. The molecule has 0 unspecified atom stereocenters. The first-order valence-electron chi connectivity index (χ1n) is 6.11. The zero-order valence-electron chi connectivity index (χ0n) is 10.3. The van der Waals surface area contributed by atoms with Gasteiger partial charge in [-0.05, 0) is 29.8 Å². The van der Waals surface area contributed by atoms with E-state index in [1.807, 2.05) is 7.05 Å². The molecule has 0 heterocycles. The van der Waals surface area contributed by atoms with E-state index in [1.54, 1.807) is 0 Å². The molecule has 0 amide bonds. The average molecular weight is 229 g/mol. The molecule has 0 atom stereocenters. The van der Waals surface area contributed by atoms with Gasteiger partial charge in [0.2, 0.25) is 0 Å². The molecule has 1 N–H and O–H groups in total. The SMILES string of the molecule is CNCCOCCc1cccc2ccccc12. The predicted octanol–water partition coefficient (Wildman–Crippen LogP) is 2.62. The molecule has 0 saturated heterocycles. The number of rotatable bonds is 6. The normalized spacial score (nSPS) is 10.9. The summed E-state index contributed by atoms with van der Waals surface area (Å²) in [5, 5.41) is 5.72. The van der Waals surface area contributed by atoms with Gasteiger partial charge >= 0.3 is 0 Å². The Kier molecular flexibility index (Phi) is 4.54. The van der Waals surface area contributed by atoms with Gasteiger partial charge in [-0.3, -0.25) is 0 Å². The maximum atomic E-state index is 5.56. The minimum Gasteiger partial charge on any atom is -0.380 e. The minimum absolute atomic E-state index is 0.779. The van der Waals surface area contributed by atoms with Gasteiger partial charge in [0, 0.05) is 6.54 Å². The van der Waals surface area contributed by atoms with Gasteiger partial charge in [0.25, 0.3) is 0 Å². The van der Waals surface area contributed by atoms with Gasteiger partial charge in [-0.15, -0.1) is 0 Å². The van der Waals surface area contributed by atoms with Crippen LogP contribution in [0.3, 0.4) is 0 Å². The fourth-order valence-corrected chi connectivity index (χ4v) is 1.97. The smallest absolute Gasteiger partial charge is 0.0590 e. The Morgan fingerprint density at radius 2 is 1.82 bits per heavy atom. The molecule has 2 nitrogen and oxygen atoms in total. The van der Waals surface area contributed by atoms with E-state index < -0.39 is 0 Å². The van der Waals surface area contributed by atoms with E-state index in [2.05, 4.69) is 47.8 Å². The molecule has 0 aromatic heterocycles. The van der Waals surface area contributed by atoms with E-state index in [1.165, 1.54) is 16.3 Å². The molecule has 0 saturated carbocycles. The quantitative estimate of drug-likeness (QED) is 0.769. The lowest BCUT2D eigenvalue weighted by atomic mass is 10.0. The van der Waals surface area contributed by atoms with E-state index in [-0.39, 0.29) is 0 Å². The fraction of sp³-hybridized carbons (Fsp3) is 0.333. The average Bonchev–Trinajstić information content (AvgIpc) is 2.39. The summed E-state index contributed by atoms with van der Waals surface area (Å²) in [5.41, 5.74) is 1.37. The van der Waals surface area contributed by atoms with Crippen LogP contribution in [0, 0.1) is 0 Å². The topological polar surface area (TPSA) is 21.3 Å². The number of hydrogen-bond donors (Lipinski definition) is 1. The van der Waals surface area contributed by atoms with Crippen molar-refractivity contribution < 1.29 is 4.74 Å². The van der Waals surface area contributed by atoms with Crippen molar-refractivity contribution in [1.29, 1.82) is 0 Å². The summed E-state index contributed by atoms with van der Waals surface area (Å²) in [5.74, 6) is 0. The standard InChI is InChI=1S/C15H19NO/c1-16-10-12-17-11-9-14-7-4-6-13-5-2-3-8-15(13)14/h2-8,16H,9-12H2,1H3. The van der Waals surface area contributed by atoms with Gasteiger partial charge in [-0.2, -0.15) is 0 Å². The molecular weight excluding hydrogens is 210 g/mol. The largest absolute Gasteiger partial charge is 0.380 e. The van der Waals surface area contributed by atoms with Crippen molar-refractivity contribution in [3.63, 3.8) is 0 Å². The predicted molar refractivity (Wildman–Crippen MR) is 72.4 cm³/mol. The van der Waals surface area contributed by atoms with Gasteiger partial charge in [0.15, 0.2) is 0 Å². The molecule has 2 aromatic rings. The van der Waals surface area contributed by atoms with E-state index in [0.29, 0.717) is 0 Å². The van der Waals surface area contributed by atoms with Gasteiger partial charge in [-0.1, -0.05) is 42.5 Å². The van der Waals surface area contributed by atoms with Crippen LogP contribution in [0.25, 0.3) is 10.8 Å². The highest BCUT2D eigenvalue weighted by molar-refractivity contribution is 5.85. The van der Waals surface area contributed by atoms with Crippen molar-refractivity contribution in [1.82, 2.24) is 5.32 Å². The Bertz CT molecular complexity index is 462. The maximum Gasteiger partial charge on any atom is 0.0590 e. The van der Waals surface area contributed by atoms with Crippen molar-refractivity contribution in [3.8, 4) is 0 Å². The monoisotopic (exact) mass is 229 g/mol. The van der Waals surface area contributed by atoms with Crippen LogP contribution >= 0.6 is 0 Å². The number of ether oxygens (including phenoxy) is 1. The molecule has 17 heavy (non-hydrogen) atoms.